The first kappa shape index (κ1) is 18.4. The molecule has 0 atom stereocenters. The first-order chi connectivity index (χ1) is 11.2. The highest BCUT2D eigenvalue weighted by atomic mass is 35.5. The van der Waals surface area contributed by atoms with E-state index in [9.17, 15) is 4.79 Å². The lowest BCUT2D eigenvalue weighted by atomic mass is 10.3. The second-order valence-corrected chi connectivity index (χ2v) is 5.87. The number of para-hydroxylation sites is 1. The molecule has 1 fully saturated rings. The number of carbonyl (C=O) groups excluding carboxylic acids is 1. The molecule has 0 saturated carbocycles. The Labute approximate surface area is 148 Å². The molecule has 1 saturated heterocycles. The zero-order chi connectivity index (χ0) is 16.1. The van der Waals surface area contributed by atoms with Crippen molar-refractivity contribution in [1.29, 1.82) is 0 Å². The van der Waals surface area contributed by atoms with Gasteiger partial charge in [-0.3, -0.25) is 9.69 Å². The summed E-state index contributed by atoms with van der Waals surface area (Å²) in [6.07, 6.45) is 1.80. The van der Waals surface area contributed by atoms with Gasteiger partial charge >= 0.3 is 0 Å². The van der Waals surface area contributed by atoms with E-state index in [1.807, 2.05) is 57.9 Å². The molecule has 1 N–H and O–H groups in total. The largest absolute Gasteiger partial charge is 0.339 e. The van der Waals surface area contributed by atoms with Gasteiger partial charge in [0, 0.05) is 38.9 Å². The summed E-state index contributed by atoms with van der Waals surface area (Å²) in [5.41, 5.74) is 2.11. The molecule has 2 aromatic rings. The van der Waals surface area contributed by atoms with Gasteiger partial charge in [-0.2, -0.15) is 5.10 Å². The molecular weight excluding hydrogens is 326 g/mol. The molecule has 1 amide bonds. The van der Waals surface area contributed by atoms with Crippen LogP contribution in [-0.2, 0) is 11.3 Å². The van der Waals surface area contributed by atoms with Crippen molar-refractivity contribution in [3.05, 3.63) is 48.3 Å². The van der Waals surface area contributed by atoms with E-state index in [1.54, 1.807) is 6.20 Å². The molecule has 1 aliphatic heterocycles. The molecule has 7 heteroatoms. The summed E-state index contributed by atoms with van der Waals surface area (Å²) in [6.45, 7) is 4.49. The van der Waals surface area contributed by atoms with Crippen LogP contribution < -0.4 is 5.32 Å². The predicted molar refractivity (Wildman–Crippen MR) is 96.6 cm³/mol. The lowest BCUT2D eigenvalue weighted by molar-refractivity contribution is -0.132. The van der Waals surface area contributed by atoms with Crippen molar-refractivity contribution in [3.8, 4) is 5.69 Å². The summed E-state index contributed by atoms with van der Waals surface area (Å²) in [4.78, 5) is 16.3. The first-order valence-corrected chi connectivity index (χ1v) is 7.99. The summed E-state index contributed by atoms with van der Waals surface area (Å²) in [6, 6.07) is 12.0. The molecule has 130 valence electrons. The molecule has 0 radical (unpaired) electrons. The van der Waals surface area contributed by atoms with Gasteiger partial charge in [0.15, 0.2) is 0 Å². The molecule has 0 bridgehead atoms. The Kier molecular flexibility index (Phi) is 6.78. The summed E-state index contributed by atoms with van der Waals surface area (Å²) in [7, 11) is 1.97. The van der Waals surface area contributed by atoms with Gasteiger partial charge in [-0.25, -0.2) is 4.68 Å². The molecule has 24 heavy (non-hydrogen) atoms. The van der Waals surface area contributed by atoms with Crippen molar-refractivity contribution in [2.75, 3.05) is 39.8 Å². The number of carbonyl (C=O) groups is 1. The molecule has 0 unspecified atom stereocenters. The maximum atomic E-state index is 12.3. The van der Waals surface area contributed by atoms with E-state index in [2.05, 4.69) is 10.4 Å². The van der Waals surface area contributed by atoms with Crippen molar-refractivity contribution in [1.82, 2.24) is 24.9 Å². The predicted octanol–water partition coefficient (Wildman–Crippen LogP) is 1.16. The van der Waals surface area contributed by atoms with Gasteiger partial charge in [0.2, 0.25) is 5.91 Å². The third kappa shape index (κ3) is 4.56. The fourth-order valence-electron chi connectivity index (χ4n) is 2.83. The minimum Gasteiger partial charge on any atom is -0.339 e. The number of rotatable bonds is 5. The quantitative estimate of drug-likeness (QED) is 0.880. The van der Waals surface area contributed by atoms with Gasteiger partial charge < -0.3 is 10.2 Å². The van der Waals surface area contributed by atoms with Gasteiger partial charge in [-0.05, 0) is 25.2 Å². The number of piperazine rings is 1. The van der Waals surface area contributed by atoms with E-state index in [4.69, 9.17) is 0 Å². The zero-order valence-electron chi connectivity index (χ0n) is 13.9. The molecule has 0 aliphatic carbocycles. The van der Waals surface area contributed by atoms with E-state index < -0.39 is 0 Å². The topological polar surface area (TPSA) is 53.4 Å². The lowest BCUT2D eigenvalue weighted by Gasteiger charge is -2.29. The van der Waals surface area contributed by atoms with Crippen LogP contribution in [0.15, 0.2) is 42.6 Å². The molecule has 2 heterocycles. The number of nitrogens with one attached hydrogen (secondary N) is 1. The maximum Gasteiger partial charge on any atom is 0.236 e. The Hall–Kier alpha value is -1.89. The van der Waals surface area contributed by atoms with Crippen LogP contribution in [0.4, 0.5) is 0 Å². The van der Waals surface area contributed by atoms with Crippen LogP contribution in [0.25, 0.3) is 5.69 Å². The van der Waals surface area contributed by atoms with Crippen molar-refractivity contribution in [2.24, 2.45) is 0 Å². The van der Waals surface area contributed by atoms with E-state index in [0.29, 0.717) is 13.1 Å². The minimum absolute atomic E-state index is 0. The van der Waals surface area contributed by atoms with Gasteiger partial charge in [-0.1, -0.05) is 18.2 Å². The van der Waals surface area contributed by atoms with E-state index in [0.717, 1.165) is 37.6 Å². The van der Waals surface area contributed by atoms with Crippen LogP contribution in [0.3, 0.4) is 0 Å². The van der Waals surface area contributed by atoms with Crippen molar-refractivity contribution in [3.63, 3.8) is 0 Å². The number of aromatic nitrogens is 2. The minimum atomic E-state index is 0. The second-order valence-electron chi connectivity index (χ2n) is 5.87. The average Bonchev–Trinajstić information content (AvgIpc) is 3.04. The number of halogens is 1. The zero-order valence-corrected chi connectivity index (χ0v) is 14.7. The standard InChI is InChI=1S/C17H23N5O.ClH/c1-20(14-17(23)21-11-9-18-10-12-21)13-16-7-8-19-22(16)15-5-3-2-4-6-15;/h2-8,18H,9-14H2,1H3;1H. The molecular formula is C17H24ClN5O. The maximum absolute atomic E-state index is 12.3. The third-order valence-electron chi connectivity index (χ3n) is 4.03. The number of hydrogen-bond acceptors (Lipinski definition) is 4. The highest BCUT2D eigenvalue weighted by molar-refractivity contribution is 5.85. The number of nitrogens with zero attached hydrogens (tertiary/aromatic N) is 4. The molecule has 6 nitrogen and oxygen atoms in total. The van der Waals surface area contributed by atoms with Gasteiger partial charge in [0.1, 0.15) is 0 Å². The highest BCUT2D eigenvalue weighted by Gasteiger charge is 2.18. The molecule has 1 aromatic heterocycles. The van der Waals surface area contributed by atoms with Crippen LogP contribution in [0.5, 0.6) is 0 Å². The monoisotopic (exact) mass is 349 g/mol. The second kappa shape index (κ2) is 8.82. The molecule has 3 rings (SSSR count). The summed E-state index contributed by atoms with van der Waals surface area (Å²) < 4.78 is 1.92. The number of benzene rings is 1. The Bertz CT molecular complexity index is 639. The number of hydrogen-bond donors (Lipinski definition) is 1. The van der Waals surface area contributed by atoms with Gasteiger partial charge in [-0.15, -0.1) is 12.4 Å². The lowest BCUT2D eigenvalue weighted by Crippen LogP contribution is -2.49. The third-order valence-corrected chi connectivity index (χ3v) is 4.03. The van der Waals surface area contributed by atoms with Crippen molar-refractivity contribution in [2.45, 2.75) is 6.54 Å². The van der Waals surface area contributed by atoms with Crippen LogP contribution in [-0.4, -0.2) is 65.3 Å². The fraction of sp³-hybridized carbons (Fsp3) is 0.412. The fourth-order valence-corrected chi connectivity index (χ4v) is 2.83. The Morgan fingerprint density at radius 1 is 1.21 bits per heavy atom. The summed E-state index contributed by atoms with van der Waals surface area (Å²) >= 11 is 0. The number of amides is 1. The summed E-state index contributed by atoms with van der Waals surface area (Å²) in [5, 5.41) is 7.66. The summed E-state index contributed by atoms with van der Waals surface area (Å²) in [5.74, 6) is 0.194. The van der Waals surface area contributed by atoms with Crippen LogP contribution in [0.1, 0.15) is 5.69 Å². The van der Waals surface area contributed by atoms with Gasteiger partial charge in [0.25, 0.3) is 0 Å². The van der Waals surface area contributed by atoms with Crippen molar-refractivity contribution < 1.29 is 4.79 Å². The molecule has 0 spiro atoms. The average molecular weight is 350 g/mol. The Morgan fingerprint density at radius 2 is 1.92 bits per heavy atom. The van der Waals surface area contributed by atoms with Crippen LogP contribution >= 0.6 is 12.4 Å². The van der Waals surface area contributed by atoms with Crippen LogP contribution in [0.2, 0.25) is 0 Å². The van der Waals surface area contributed by atoms with Crippen LogP contribution in [0, 0.1) is 0 Å². The SMILES string of the molecule is CN(CC(=O)N1CCNCC1)Cc1ccnn1-c1ccccc1.Cl. The first-order valence-electron chi connectivity index (χ1n) is 7.99. The van der Waals surface area contributed by atoms with Crippen molar-refractivity contribution >= 4 is 18.3 Å². The highest BCUT2D eigenvalue weighted by Crippen LogP contribution is 2.11. The number of likely N-dealkylation sites (N-methyl/N-ethyl adjacent to an activating group) is 1. The Morgan fingerprint density at radius 3 is 2.62 bits per heavy atom. The van der Waals surface area contributed by atoms with E-state index in [1.165, 1.54) is 0 Å². The van der Waals surface area contributed by atoms with E-state index >= 15 is 0 Å². The Balaban J connectivity index is 0.00000208. The normalized spacial score (nSPS) is 14.5. The smallest absolute Gasteiger partial charge is 0.236 e. The molecule has 1 aromatic carbocycles. The van der Waals surface area contributed by atoms with Gasteiger partial charge in [0.05, 0.1) is 17.9 Å². The van der Waals surface area contributed by atoms with E-state index in [-0.39, 0.29) is 18.3 Å². The molecule has 1 aliphatic rings.